The number of benzene rings is 1. The van der Waals surface area contributed by atoms with Gasteiger partial charge in [-0.1, -0.05) is 30.3 Å². The van der Waals surface area contributed by atoms with Crippen molar-refractivity contribution in [1.29, 1.82) is 0 Å². The van der Waals surface area contributed by atoms with Crippen LogP contribution in [0.3, 0.4) is 0 Å². The van der Waals surface area contributed by atoms with E-state index < -0.39 is 0 Å². The van der Waals surface area contributed by atoms with Crippen molar-refractivity contribution in [2.24, 2.45) is 23.7 Å². The first-order valence-corrected chi connectivity index (χ1v) is 7.15. The number of nitrogens with zero attached hydrogens (tertiary/aromatic N) is 1. The molecule has 3 nitrogen and oxygen atoms in total. The number of fused-ring (bicyclic) bond motifs is 5. The van der Waals surface area contributed by atoms with Crippen LogP contribution in [0.1, 0.15) is 24.8 Å². The molecule has 3 heteroatoms. The fraction of sp³-hybridized carbons (Fsp3) is 0.500. The Balaban J connectivity index is 1.61. The van der Waals surface area contributed by atoms with Crippen LogP contribution in [0.5, 0.6) is 0 Å². The molecule has 3 unspecified atom stereocenters. The fourth-order valence-electron chi connectivity index (χ4n) is 4.39. The fourth-order valence-corrected chi connectivity index (χ4v) is 4.39. The molecule has 3 fully saturated rings. The van der Waals surface area contributed by atoms with E-state index in [1.807, 2.05) is 30.3 Å². The minimum Gasteiger partial charge on any atom is -0.278 e. The summed E-state index contributed by atoms with van der Waals surface area (Å²) in [7, 11) is 0. The summed E-state index contributed by atoms with van der Waals surface area (Å²) >= 11 is 0. The van der Waals surface area contributed by atoms with E-state index in [1.54, 1.807) is 0 Å². The van der Waals surface area contributed by atoms with Gasteiger partial charge in [-0.3, -0.25) is 14.5 Å². The zero-order chi connectivity index (χ0) is 13.0. The summed E-state index contributed by atoms with van der Waals surface area (Å²) in [6, 6.07) is 9.80. The summed E-state index contributed by atoms with van der Waals surface area (Å²) in [5.74, 6) is 1.15. The molecule has 19 heavy (non-hydrogen) atoms. The lowest BCUT2D eigenvalue weighted by Gasteiger charge is -2.19. The van der Waals surface area contributed by atoms with Crippen molar-refractivity contribution in [3.8, 4) is 0 Å². The summed E-state index contributed by atoms with van der Waals surface area (Å²) < 4.78 is 0. The van der Waals surface area contributed by atoms with Gasteiger partial charge < -0.3 is 0 Å². The van der Waals surface area contributed by atoms with Gasteiger partial charge in [-0.05, 0) is 36.7 Å². The molecule has 4 rings (SSSR count). The number of likely N-dealkylation sites (tertiary alicyclic amines) is 1. The normalized spacial score (nSPS) is 36.1. The largest absolute Gasteiger partial charge is 0.278 e. The van der Waals surface area contributed by atoms with Crippen LogP contribution in [0, 0.1) is 23.7 Å². The minimum absolute atomic E-state index is 0.00922. The lowest BCUT2D eigenvalue weighted by atomic mass is 9.81. The maximum Gasteiger partial charge on any atom is 0.233 e. The molecule has 3 aliphatic rings. The first-order chi connectivity index (χ1) is 9.25. The summed E-state index contributed by atoms with van der Waals surface area (Å²) in [6.45, 7) is 0.449. The number of carbonyl (C=O) groups is 2. The Labute approximate surface area is 112 Å². The molecule has 1 aliphatic heterocycles. The molecule has 0 N–H and O–H groups in total. The summed E-state index contributed by atoms with van der Waals surface area (Å²) in [5, 5.41) is 0. The molecule has 98 valence electrons. The molecule has 2 bridgehead atoms. The van der Waals surface area contributed by atoms with Gasteiger partial charge in [0, 0.05) is 0 Å². The Hall–Kier alpha value is -1.64. The first-order valence-electron chi connectivity index (χ1n) is 7.15. The van der Waals surface area contributed by atoms with Crippen molar-refractivity contribution >= 4 is 11.8 Å². The second kappa shape index (κ2) is 3.92. The number of carbonyl (C=O) groups excluding carboxylic acids is 2. The van der Waals surface area contributed by atoms with Crippen LogP contribution < -0.4 is 0 Å². The van der Waals surface area contributed by atoms with Crippen LogP contribution in [0.15, 0.2) is 30.3 Å². The topological polar surface area (TPSA) is 37.4 Å². The van der Waals surface area contributed by atoms with Crippen molar-refractivity contribution < 1.29 is 9.59 Å². The van der Waals surface area contributed by atoms with Gasteiger partial charge in [-0.2, -0.15) is 0 Å². The van der Waals surface area contributed by atoms with E-state index in [0.29, 0.717) is 18.4 Å². The SMILES string of the molecule is O=C1C2C3CC[C@H](C3)C2C(=O)N1Cc1ccccc1. The molecule has 0 radical (unpaired) electrons. The molecule has 1 heterocycles. The lowest BCUT2D eigenvalue weighted by molar-refractivity contribution is -0.141. The van der Waals surface area contributed by atoms with Crippen LogP contribution in [0.25, 0.3) is 0 Å². The van der Waals surface area contributed by atoms with Crippen LogP contribution in [-0.4, -0.2) is 16.7 Å². The van der Waals surface area contributed by atoms with E-state index >= 15 is 0 Å². The Bertz CT molecular complexity index is 511. The predicted molar refractivity (Wildman–Crippen MR) is 69.8 cm³/mol. The summed E-state index contributed by atoms with van der Waals surface area (Å²) in [4.78, 5) is 26.5. The van der Waals surface area contributed by atoms with Crippen molar-refractivity contribution in [3.05, 3.63) is 35.9 Å². The van der Waals surface area contributed by atoms with Gasteiger partial charge in [-0.15, -0.1) is 0 Å². The lowest BCUT2D eigenvalue weighted by Crippen LogP contribution is -2.32. The Morgan fingerprint density at radius 2 is 1.53 bits per heavy atom. The quantitative estimate of drug-likeness (QED) is 0.760. The third-order valence-corrected chi connectivity index (χ3v) is 5.20. The van der Waals surface area contributed by atoms with Gasteiger partial charge in [0.2, 0.25) is 11.8 Å². The molecule has 2 saturated carbocycles. The van der Waals surface area contributed by atoms with Crippen molar-refractivity contribution in [1.82, 2.24) is 4.90 Å². The van der Waals surface area contributed by atoms with Crippen molar-refractivity contribution in [3.63, 3.8) is 0 Å². The number of hydrogen-bond acceptors (Lipinski definition) is 2. The van der Waals surface area contributed by atoms with Crippen molar-refractivity contribution in [2.75, 3.05) is 0 Å². The highest BCUT2D eigenvalue weighted by Gasteiger charge is 2.60. The summed E-state index contributed by atoms with van der Waals surface area (Å²) in [6.07, 6.45) is 3.39. The van der Waals surface area contributed by atoms with Crippen LogP contribution in [0.2, 0.25) is 0 Å². The van der Waals surface area contributed by atoms with Crippen LogP contribution in [0.4, 0.5) is 0 Å². The van der Waals surface area contributed by atoms with Gasteiger partial charge >= 0.3 is 0 Å². The van der Waals surface area contributed by atoms with Gasteiger partial charge in [0.15, 0.2) is 0 Å². The van der Waals surface area contributed by atoms with Gasteiger partial charge in [0.1, 0.15) is 0 Å². The number of amides is 2. The molecule has 1 aromatic rings. The predicted octanol–water partition coefficient (Wildman–Crippen LogP) is 2.22. The average Bonchev–Trinajstić information content (AvgIpc) is 3.10. The smallest absolute Gasteiger partial charge is 0.233 e. The van der Waals surface area contributed by atoms with Crippen LogP contribution >= 0.6 is 0 Å². The third kappa shape index (κ3) is 1.50. The highest BCUT2D eigenvalue weighted by atomic mass is 16.2. The van der Waals surface area contributed by atoms with E-state index in [9.17, 15) is 9.59 Å². The van der Waals surface area contributed by atoms with Crippen LogP contribution in [-0.2, 0) is 16.1 Å². The first kappa shape index (κ1) is 11.2. The Kier molecular flexibility index (Phi) is 2.32. The average molecular weight is 255 g/mol. The summed E-state index contributed by atoms with van der Waals surface area (Å²) in [5.41, 5.74) is 1.04. The molecule has 2 amide bonds. The number of hydrogen-bond donors (Lipinski definition) is 0. The molecular weight excluding hydrogens is 238 g/mol. The maximum atomic E-state index is 12.5. The number of imide groups is 1. The zero-order valence-corrected chi connectivity index (χ0v) is 10.8. The van der Waals surface area contributed by atoms with E-state index in [0.717, 1.165) is 24.8 Å². The number of rotatable bonds is 2. The standard InChI is InChI=1S/C16H17NO2/c18-15-13-11-6-7-12(8-11)14(13)16(19)17(15)9-10-4-2-1-3-5-10/h1-5,11-14H,6-9H2/t11-,12?,13?,14?/m1/s1. The van der Waals surface area contributed by atoms with Crippen molar-refractivity contribution in [2.45, 2.75) is 25.8 Å². The molecule has 4 atom stereocenters. The zero-order valence-electron chi connectivity index (χ0n) is 10.8. The van der Waals surface area contributed by atoms with E-state index in [-0.39, 0.29) is 23.7 Å². The molecule has 0 spiro atoms. The maximum absolute atomic E-state index is 12.5. The van der Waals surface area contributed by atoms with E-state index in [4.69, 9.17) is 0 Å². The Morgan fingerprint density at radius 1 is 0.947 bits per heavy atom. The molecule has 1 saturated heterocycles. The highest BCUT2D eigenvalue weighted by molar-refractivity contribution is 6.06. The highest BCUT2D eigenvalue weighted by Crippen LogP contribution is 2.56. The molecule has 1 aromatic carbocycles. The third-order valence-electron chi connectivity index (χ3n) is 5.20. The van der Waals surface area contributed by atoms with Gasteiger partial charge in [0.05, 0.1) is 18.4 Å². The second-order valence-corrected chi connectivity index (χ2v) is 6.13. The molecule has 0 aromatic heterocycles. The van der Waals surface area contributed by atoms with Gasteiger partial charge in [0.25, 0.3) is 0 Å². The van der Waals surface area contributed by atoms with E-state index in [1.165, 1.54) is 4.90 Å². The Morgan fingerprint density at radius 3 is 2.11 bits per heavy atom. The van der Waals surface area contributed by atoms with Gasteiger partial charge in [-0.25, -0.2) is 0 Å². The molecule has 2 aliphatic carbocycles. The molecular formula is C16H17NO2. The monoisotopic (exact) mass is 255 g/mol. The van der Waals surface area contributed by atoms with E-state index in [2.05, 4.69) is 0 Å². The minimum atomic E-state index is 0.00922. The second-order valence-electron chi connectivity index (χ2n) is 6.13.